The molecule has 4 aromatic heterocycles. The molecule has 144 valence electrons. The Morgan fingerprint density at radius 3 is 2.93 bits per heavy atom. The summed E-state index contributed by atoms with van der Waals surface area (Å²) < 4.78 is 8.30. The van der Waals surface area contributed by atoms with Crippen LogP contribution in [0.5, 0.6) is 0 Å². The number of rotatable bonds is 4. The van der Waals surface area contributed by atoms with Gasteiger partial charge in [-0.1, -0.05) is 0 Å². The number of imidazole rings is 1. The number of aryl methyl sites for hydroxylation is 2. The fourth-order valence-electron chi connectivity index (χ4n) is 3.70. The molecule has 0 radical (unpaired) electrons. The molecule has 5 heterocycles. The van der Waals surface area contributed by atoms with E-state index in [-0.39, 0.29) is 0 Å². The van der Waals surface area contributed by atoms with E-state index < -0.39 is 0 Å². The van der Waals surface area contributed by atoms with Gasteiger partial charge in [0.05, 0.1) is 29.5 Å². The van der Waals surface area contributed by atoms with E-state index in [9.17, 15) is 0 Å². The molecule has 1 saturated heterocycles. The van der Waals surface area contributed by atoms with Gasteiger partial charge in [-0.2, -0.15) is 9.47 Å². The number of aromatic nitrogens is 6. The lowest BCUT2D eigenvalue weighted by atomic mass is 9.96. The number of piperidine rings is 1. The molecule has 0 spiro atoms. The molecule has 1 aliphatic heterocycles. The van der Waals surface area contributed by atoms with Crippen LogP contribution in [0, 0.1) is 6.92 Å². The van der Waals surface area contributed by atoms with Crippen molar-refractivity contribution >= 4 is 28.0 Å². The molecule has 1 fully saturated rings. The summed E-state index contributed by atoms with van der Waals surface area (Å²) in [6.45, 7) is 4.02. The normalized spacial score (nSPS) is 17.3. The van der Waals surface area contributed by atoms with Crippen LogP contribution >= 0.6 is 11.5 Å². The second-order valence-corrected chi connectivity index (χ2v) is 8.06. The minimum Gasteiger partial charge on any atom is -0.328 e. The van der Waals surface area contributed by atoms with E-state index in [0.29, 0.717) is 5.92 Å². The van der Waals surface area contributed by atoms with Crippen molar-refractivity contribution in [3.63, 3.8) is 0 Å². The quantitative estimate of drug-likeness (QED) is 0.553. The van der Waals surface area contributed by atoms with Crippen molar-refractivity contribution in [2.24, 2.45) is 7.05 Å². The van der Waals surface area contributed by atoms with E-state index in [1.54, 1.807) is 4.68 Å². The van der Waals surface area contributed by atoms with Gasteiger partial charge < -0.3 is 10.6 Å². The largest absolute Gasteiger partial charge is 0.328 e. The highest BCUT2D eigenvalue weighted by molar-refractivity contribution is 7.10. The Balaban J connectivity index is 1.64. The van der Waals surface area contributed by atoms with Gasteiger partial charge in [-0.05, 0) is 43.9 Å². The van der Waals surface area contributed by atoms with Gasteiger partial charge in [-0.25, -0.2) is 9.97 Å². The molecule has 1 atom stereocenters. The van der Waals surface area contributed by atoms with Crippen LogP contribution in [-0.2, 0) is 7.05 Å². The van der Waals surface area contributed by atoms with Crippen molar-refractivity contribution in [3.05, 3.63) is 42.2 Å². The van der Waals surface area contributed by atoms with E-state index in [1.165, 1.54) is 18.0 Å². The molecule has 0 amide bonds. The average Bonchev–Trinajstić information content (AvgIpc) is 3.42. The zero-order valence-corrected chi connectivity index (χ0v) is 16.7. The number of nitrogens with zero attached hydrogens (tertiary/aromatic N) is 6. The summed E-state index contributed by atoms with van der Waals surface area (Å²) >= 11 is 1.44. The van der Waals surface area contributed by atoms with E-state index >= 15 is 0 Å². The van der Waals surface area contributed by atoms with E-state index in [4.69, 9.17) is 4.98 Å². The Kier molecular flexibility index (Phi) is 4.33. The molecule has 9 heteroatoms. The predicted octanol–water partition coefficient (Wildman–Crippen LogP) is 3.11. The summed E-state index contributed by atoms with van der Waals surface area (Å²) in [5.41, 5.74) is 4.92. The molecule has 8 nitrogen and oxygen atoms in total. The second kappa shape index (κ2) is 6.99. The maximum atomic E-state index is 4.96. The third kappa shape index (κ3) is 3.16. The maximum Gasteiger partial charge on any atom is 0.180 e. The third-order valence-electron chi connectivity index (χ3n) is 5.10. The maximum absolute atomic E-state index is 4.96. The van der Waals surface area contributed by atoms with Crippen molar-refractivity contribution in [2.45, 2.75) is 25.7 Å². The Morgan fingerprint density at radius 1 is 1.29 bits per heavy atom. The van der Waals surface area contributed by atoms with Crippen LogP contribution in [0.4, 0.5) is 10.8 Å². The van der Waals surface area contributed by atoms with Crippen molar-refractivity contribution in [2.75, 3.05) is 18.4 Å². The third-order valence-corrected chi connectivity index (χ3v) is 5.89. The summed E-state index contributed by atoms with van der Waals surface area (Å²) in [4.78, 5) is 9.63. The van der Waals surface area contributed by atoms with Gasteiger partial charge in [0.1, 0.15) is 5.00 Å². The van der Waals surface area contributed by atoms with Crippen LogP contribution in [-0.4, -0.2) is 41.6 Å². The molecule has 0 aromatic carbocycles. The van der Waals surface area contributed by atoms with Gasteiger partial charge in [-0.15, -0.1) is 0 Å². The zero-order valence-electron chi connectivity index (χ0n) is 15.9. The van der Waals surface area contributed by atoms with Crippen LogP contribution in [0.2, 0.25) is 0 Å². The van der Waals surface area contributed by atoms with E-state index in [0.717, 1.165) is 58.6 Å². The summed E-state index contributed by atoms with van der Waals surface area (Å²) in [6, 6.07) is 2.03. The van der Waals surface area contributed by atoms with Gasteiger partial charge in [0.15, 0.2) is 11.5 Å². The van der Waals surface area contributed by atoms with Gasteiger partial charge >= 0.3 is 0 Å². The highest BCUT2D eigenvalue weighted by Crippen LogP contribution is 2.30. The first-order chi connectivity index (χ1) is 13.7. The smallest absolute Gasteiger partial charge is 0.180 e. The molecule has 0 saturated carbocycles. The number of nitrogens with one attached hydrogen (secondary N) is 2. The van der Waals surface area contributed by atoms with Crippen LogP contribution in [0.25, 0.3) is 16.9 Å². The first-order valence-corrected chi connectivity index (χ1v) is 10.2. The molecule has 28 heavy (non-hydrogen) atoms. The molecule has 5 rings (SSSR count). The predicted molar refractivity (Wildman–Crippen MR) is 110 cm³/mol. The lowest BCUT2D eigenvalue weighted by molar-refractivity contribution is 0.454. The lowest BCUT2D eigenvalue weighted by Crippen LogP contribution is -2.29. The molecule has 0 bridgehead atoms. The average molecular weight is 395 g/mol. The van der Waals surface area contributed by atoms with Crippen LogP contribution in [0.15, 0.2) is 30.9 Å². The lowest BCUT2D eigenvalue weighted by Gasteiger charge is -2.23. The number of fused-ring (bicyclic) bond motifs is 1. The van der Waals surface area contributed by atoms with Crippen molar-refractivity contribution in [1.29, 1.82) is 0 Å². The molecule has 1 aliphatic rings. The van der Waals surface area contributed by atoms with Crippen LogP contribution < -0.4 is 10.6 Å². The van der Waals surface area contributed by atoms with E-state index in [2.05, 4.69) is 35.7 Å². The summed E-state index contributed by atoms with van der Waals surface area (Å²) in [7, 11) is 1.92. The van der Waals surface area contributed by atoms with Gasteiger partial charge in [0.25, 0.3) is 0 Å². The number of hydrogen-bond acceptors (Lipinski definition) is 7. The Hall–Kier alpha value is -2.78. The van der Waals surface area contributed by atoms with Gasteiger partial charge in [0.2, 0.25) is 0 Å². The first-order valence-electron chi connectivity index (χ1n) is 9.45. The molecule has 4 aromatic rings. The monoisotopic (exact) mass is 394 g/mol. The standard InChI is InChI=1S/C19H22N8S/c1-12-6-17(28-25-12)24-18-19-21-9-16(14-8-22-26(2)10-14)27(19)11-15(23-18)13-4-3-5-20-7-13/h6,8-11,13,20H,3-5,7H2,1-2H3,(H,23,24). The fraction of sp³-hybridized carbons (Fsp3) is 0.368. The SMILES string of the molecule is Cc1cc(Nc2nc(C3CCCNC3)cn3c(-c4cnn(C)c4)cnc23)sn1. The molecule has 1 unspecified atom stereocenters. The number of anilines is 2. The first kappa shape index (κ1) is 17.3. The summed E-state index contributed by atoms with van der Waals surface area (Å²) in [5, 5.41) is 12.2. The minimum atomic E-state index is 0.394. The molecule has 2 N–H and O–H groups in total. The van der Waals surface area contributed by atoms with Gasteiger partial charge in [0, 0.05) is 37.5 Å². The highest BCUT2D eigenvalue weighted by atomic mass is 32.1. The number of hydrogen-bond donors (Lipinski definition) is 2. The Morgan fingerprint density at radius 2 is 2.21 bits per heavy atom. The minimum absolute atomic E-state index is 0.394. The van der Waals surface area contributed by atoms with Crippen molar-refractivity contribution < 1.29 is 0 Å². The molecular weight excluding hydrogens is 372 g/mol. The van der Waals surface area contributed by atoms with Crippen LogP contribution in [0.3, 0.4) is 0 Å². The summed E-state index contributed by atoms with van der Waals surface area (Å²) in [6.07, 6.45) is 10.2. The zero-order chi connectivity index (χ0) is 19.1. The molecular formula is C19H22N8S. The Labute approximate surface area is 166 Å². The second-order valence-electron chi connectivity index (χ2n) is 7.25. The Bertz CT molecular complexity index is 1120. The van der Waals surface area contributed by atoms with Gasteiger partial charge in [-0.3, -0.25) is 9.08 Å². The van der Waals surface area contributed by atoms with E-state index in [1.807, 2.05) is 38.6 Å². The van der Waals surface area contributed by atoms with Crippen molar-refractivity contribution in [3.8, 4) is 11.3 Å². The highest BCUT2D eigenvalue weighted by Gasteiger charge is 2.21. The molecule has 0 aliphatic carbocycles. The fourth-order valence-corrected chi connectivity index (χ4v) is 4.36. The van der Waals surface area contributed by atoms with Crippen LogP contribution in [0.1, 0.15) is 30.1 Å². The topological polar surface area (TPSA) is 85.0 Å². The van der Waals surface area contributed by atoms with Crippen molar-refractivity contribution in [1.82, 2.24) is 33.8 Å². The summed E-state index contributed by atoms with van der Waals surface area (Å²) in [5.74, 6) is 1.16.